The van der Waals surface area contributed by atoms with Crippen molar-refractivity contribution in [2.75, 3.05) is 11.9 Å². The highest BCUT2D eigenvalue weighted by molar-refractivity contribution is 5.90. The molecule has 20 heavy (non-hydrogen) atoms. The quantitative estimate of drug-likeness (QED) is 0.852. The van der Waals surface area contributed by atoms with E-state index in [1.54, 1.807) is 18.3 Å². The van der Waals surface area contributed by atoms with E-state index in [9.17, 15) is 9.18 Å². The summed E-state index contributed by atoms with van der Waals surface area (Å²) in [5.41, 5.74) is 0.949. The van der Waals surface area contributed by atoms with Crippen LogP contribution in [-0.2, 0) is 11.2 Å². The molecule has 6 heteroatoms. The van der Waals surface area contributed by atoms with E-state index < -0.39 is 0 Å². The Labute approximate surface area is 116 Å². The van der Waals surface area contributed by atoms with Crippen LogP contribution in [0, 0.1) is 5.82 Å². The van der Waals surface area contributed by atoms with Gasteiger partial charge in [0, 0.05) is 11.6 Å². The third kappa shape index (κ3) is 3.81. The summed E-state index contributed by atoms with van der Waals surface area (Å²) in [5, 5.41) is 9.33. The van der Waals surface area contributed by atoms with Gasteiger partial charge in [0.2, 0.25) is 5.91 Å². The summed E-state index contributed by atoms with van der Waals surface area (Å²) in [7, 11) is 0. The van der Waals surface area contributed by atoms with Crippen molar-refractivity contribution in [1.29, 1.82) is 0 Å². The molecule has 0 unspecified atom stereocenters. The Morgan fingerprint density at radius 1 is 1.50 bits per heavy atom. The van der Waals surface area contributed by atoms with Crippen LogP contribution < -0.4 is 10.1 Å². The monoisotopic (exact) mass is 277 g/mol. The molecule has 0 saturated carbocycles. The van der Waals surface area contributed by atoms with Crippen LogP contribution in [0.2, 0.25) is 0 Å². The Morgan fingerprint density at radius 3 is 3.10 bits per heavy atom. The lowest BCUT2D eigenvalue weighted by molar-refractivity contribution is -0.116. The van der Waals surface area contributed by atoms with Crippen molar-refractivity contribution in [2.24, 2.45) is 0 Å². The molecule has 1 aromatic carbocycles. The van der Waals surface area contributed by atoms with E-state index >= 15 is 0 Å². The van der Waals surface area contributed by atoms with E-state index in [1.807, 2.05) is 6.92 Å². The molecule has 0 atom stereocenters. The van der Waals surface area contributed by atoms with Gasteiger partial charge >= 0.3 is 0 Å². The van der Waals surface area contributed by atoms with Crippen LogP contribution in [0.1, 0.15) is 18.9 Å². The molecule has 0 aliphatic rings. The Kier molecular flexibility index (Phi) is 4.70. The SMILES string of the molecule is CCc1cn[nH]c1NC(=O)CCOc1cccc(F)c1. The Balaban J connectivity index is 1.78. The van der Waals surface area contributed by atoms with E-state index in [4.69, 9.17) is 4.74 Å². The summed E-state index contributed by atoms with van der Waals surface area (Å²) >= 11 is 0. The summed E-state index contributed by atoms with van der Waals surface area (Å²) in [6.07, 6.45) is 2.64. The van der Waals surface area contributed by atoms with Crippen molar-refractivity contribution in [3.63, 3.8) is 0 Å². The predicted molar refractivity (Wildman–Crippen MR) is 73.1 cm³/mol. The summed E-state index contributed by atoms with van der Waals surface area (Å²) in [6, 6.07) is 5.82. The van der Waals surface area contributed by atoms with E-state index in [1.165, 1.54) is 12.1 Å². The minimum atomic E-state index is -0.364. The lowest BCUT2D eigenvalue weighted by Crippen LogP contribution is -2.16. The highest BCUT2D eigenvalue weighted by Crippen LogP contribution is 2.13. The van der Waals surface area contributed by atoms with Gasteiger partial charge in [-0.3, -0.25) is 9.89 Å². The van der Waals surface area contributed by atoms with E-state index in [2.05, 4.69) is 15.5 Å². The average molecular weight is 277 g/mol. The van der Waals surface area contributed by atoms with Crippen LogP contribution in [-0.4, -0.2) is 22.7 Å². The summed E-state index contributed by atoms with van der Waals surface area (Å²) in [4.78, 5) is 11.7. The van der Waals surface area contributed by atoms with Crippen molar-refractivity contribution < 1.29 is 13.9 Å². The topological polar surface area (TPSA) is 67.0 Å². The largest absolute Gasteiger partial charge is 0.493 e. The second kappa shape index (κ2) is 6.70. The molecule has 0 spiro atoms. The maximum atomic E-state index is 12.9. The van der Waals surface area contributed by atoms with E-state index in [0.717, 1.165) is 12.0 Å². The fraction of sp³-hybridized carbons (Fsp3) is 0.286. The first-order chi connectivity index (χ1) is 9.69. The fourth-order valence-electron chi connectivity index (χ4n) is 1.71. The molecule has 0 aliphatic heterocycles. The van der Waals surface area contributed by atoms with Crippen LogP contribution in [0.4, 0.5) is 10.2 Å². The minimum Gasteiger partial charge on any atom is -0.493 e. The lowest BCUT2D eigenvalue weighted by Gasteiger charge is -2.07. The van der Waals surface area contributed by atoms with Gasteiger partial charge in [0.05, 0.1) is 19.2 Å². The number of amides is 1. The first-order valence-electron chi connectivity index (χ1n) is 6.39. The molecule has 0 bridgehead atoms. The molecular weight excluding hydrogens is 261 g/mol. The van der Waals surface area contributed by atoms with Crippen molar-refractivity contribution >= 4 is 11.7 Å². The second-order valence-corrected chi connectivity index (χ2v) is 4.23. The van der Waals surface area contributed by atoms with Gasteiger partial charge in [0.1, 0.15) is 17.4 Å². The number of anilines is 1. The van der Waals surface area contributed by atoms with Crippen molar-refractivity contribution in [3.8, 4) is 5.75 Å². The zero-order chi connectivity index (χ0) is 14.4. The molecule has 106 valence electrons. The lowest BCUT2D eigenvalue weighted by atomic mass is 10.2. The third-order valence-electron chi connectivity index (χ3n) is 2.76. The van der Waals surface area contributed by atoms with Crippen LogP contribution >= 0.6 is 0 Å². The predicted octanol–water partition coefficient (Wildman–Crippen LogP) is 2.52. The number of H-pyrrole nitrogens is 1. The number of hydrogen-bond donors (Lipinski definition) is 2. The van der Waals surface area contributed by atoms with Gasteiger partial charge in [-0.05, 0) is 18.6 Å². The first kappa shape index (κ1) is 14.0. The van der Waals surface area contributed by atoms with Gasteiger partial charge < -0.3 is 10.1 Å². The number of benzene rings is 1. The zero-order valence-electron chi connectivity index (χ0n) is 11.1. The number of nitrogens with zero attached hydrogens (tertiary/aromatic N) is 1. The molecule has 0 saturated heterocycles. The standard InChI is InChI=1S/C14H16FN3O2/c1-2-10-9-16-18-14(10)17-13(19)6-7-20-12-5-3-4-11(15)8-12/h3-5,8-9H,2,6-7H2,1H3,(H2,16,17,18,19). The van der Waals surface area contributed by atoms with Crippen LogP contribution in [0.3, 0.4) is 0 Å². The molecule has 2 aromatic rings. The first-order valence-corrected chi connectivity index (χ1v) is 6.39. The van der Waals surface area contributed by atoms with Crippen molar-refractivity contribution in [3.05, 3.63) is 41.8 Å². The molecule has 0 radical (unpaired) electrons. The van der Waals surface area contributed by atoms with Crippen molar-refractivity contribution in [2.45, 2.75) is 19.8 Å². The molecule has 1 amide bonds. The van der Waals surface area contributed by atoms with E-state index in [-0.39, 0.29) is 24.8 Å². The summed E-state index contributed by atoms with van der Waals surface area (Å²) < 4.78 is 18.2. The molecule has 5 nitrogen and oxygen atoms in total. The molecular formula is C14H16FN3O2. The minimum absolute atomic E-state index is 0.179. The normalized spacial score (nSPS) is 10.3. The van der Waals surface area contributed by atoms with Gasteiger partial charge in [-0.25, -0.2) is 4.39 Å². The van der Waals surface area contributed by atoms with Gasteiger partial charge in [-0.1, -0.05) is 13.0 Å². The molecule has 0 fully saturated rings. The van der Waals surface area contributed by atoms with Crippen LogP contribution in [0.25, 0.3) is 0 Å². The highest BCUT2D eigenvalue weighted by atomic mass is 19.1. The number of halogens is 1. The molecule has 2 N–H and O–H groups in total. The Hall–Kier alpha value is -2.37. The number of carbonyl (C=O) groups is 1. The summed E-state index contributed by atoms with van der Waals surface area (Å²) in [5.74, 6) is 0.481. The number of ether oxygens (including phenoxy) is 1. The van der Waals surface area contributed by atoms with Gasteiger partial charge in [-0.2, -0.15) is 5.10 Å². The molecule has 1 aromatic heterocycles. The maximum Gasteiger partial charge on any atom is 0.228 e. The Bertz CT molecular complexity index is 583. The molecule has 1 heterocycles. The van der Waals surface area contributed by atoms with Gasteiger partial charge in [-0.15, -0.1) is 0 Å². The van der Waals surface area contributed by atoms with Crippen LogP contribution in [0.5, 0.6) is 5.75 Å². The Morgan fingerprint density at radius 2 is 2.35 bits per heavy atom. The highest BCUT2D eigenvalue weighted by Gasteiger charge is 2.08. The second-order valence-electron chi connectivity index (χ2n) is 4.23. The van der Waals surface area contributed by atoms with Crippen LogP contribution in [0.15, 0.2) is 30.5 Å². The third-order valence-corrected chi connectivity index (χ3v) is 2.76. The number of rotatable bonds is 6. The number of aryl methyl sites for hydroxylation is 1. The number of aromatic nitrogens is 2. The molecule has 2 rings (SSSR count). The smallest absolute Gasteiger partial charge is 0.228 e. The zero-order valence-corrected chi connectivity index (χ0v) is 11.1. The van der Waals surface area contributed by atoms with Gasteiger partial charge in [0.15, 0.2) is 0 Å². The number of aromatic amines is 1. The number of carbonyl (C=O) groups excluding carboxylic acids is 1. The summed E-state index contributed by atoms with van der Waals surface area (Å²) in [6.45, 7) is 2.17. The molecule has 0 aliphatic carbocycles. The number of nitrogens with one attached hydrogen (secondary N) is 2. The maximum absolute atomic E-state index is 12.9. The average Bonchev–Trinajstić information content (AvgIpc) is 2.86. The van der Waals surface area contributed by atoms with E-state index in [0.29, 0.717) is 11.6 Å². The van der Waals surface area contributed by atoms with Crippen molar-refractivity contribution in [1.82, 2.24) is 10.2 Å². The fourth-order valence-corrected chi connectivity index (χ4v) is 1.71. The van der Waals surface area contributed by atoms with Gasteiger partial charge in [0.25, 0.3) is 0 Å². The number of hydrogen-bond acceptors (Lipinski definition) is 3.